The molecule has 4 nitrogen and oxygen atoms in total. The van der Waals surface area contributed by atoms with E-state index in [2.05, 4.69) is 11.1 Å². The molecule has 3 rings (SSSR count). The van der Waals surface area contributed by atoms with Gasteiger partial charge in [-0.05, 0) is 47.1 Å². The Morgan fingerprint density at radius 3 is 2.76 bits per heavy atom. The van der Waals surface area contributed by atoms with Gasteiger partial charge in [0.2, 0.25) is 0 Å². The number of allylic oxidation sites excluding steroid dienone is 3. The lowest BCUT2D eigenvalue weighted by Crippen LogP contribution is -2.02. The summed E-state index contributed by atoms with van der Waals surface area (Å²) in [4.78, 5) is 15.5. The maximum absolute atomic E-state index is 11.1. The topological polar surface area (TPSA) is 74.0 Å². The maximum Gasteiger partial charge on any atom is 0.303 e. The first-order valence-electron chi connectivity index (χ1n) is 9.47. The van der Waals surface area contributed by atoms with Crippen molar-refractivity contribution in [3.8, 4) is 17.2 Å². The van der Waals surface area contributed by atoms with Crippen LogP contribution in [0.4, 0.5) is 0 Å². The number of aliphatic carboxylic acids is 1. The van der Waals surface area contributed by atoms with E-state index in [9.17, 15) is 10.1 Å². The number of benzene rings is 2. The molecule has 0 fully saturated rings. The number of carboxylic acid groups (broad SMARTS) is 1. The monoisotopic (exact) mass is 382 g/mol. The summed E-state index contributed by atoms with van der Waals surface area (Å²) in [6, 6.07) is 14.0. The van der Waals surface area contributed by atoms with Gasteiger partial charge in [0, 0.05) is 23.3 Å². The molecule has 1 heterocycles. The van der Waals surface area contributed by atoms with E-state index in [0.29, 0.717) is 5.56 Å². The SMILES string of the molecule is C/C=C\C=C/c1cc(-c2cncc3ccc(C(C)CC(=O)O)cc23)ccc1C#N. The molecule has 0 amide bonds. The van der Waals surface area contributed by atoms with Crippen LogP contribution in [0.5, 0.6) is 0 Å². The minimum Gasteiger partial charge on any atom is -0.481 e. The fraction of sp³-hybridized carbons (Fsp3) is 0.160. The fourth-order valence-corrected chi connectivity index (χ4v) is 3.34. The molecule has 0 aliphatic carbocycles. The van der Waals surface area contributed by atoms with Crippen LogP contribution >= 0.6 is 0 Å². The van der Waals surface area contributed by atoms with Crippen LogP contribution in [-0.4, -0.2) is 16.1 Å². The van der Waals surface area contributed by atoms with Gasteiger partial charge in [-0.25, -0.2) is 0 Å². The second kappa shape index (κ2) is 8.99. The number of pyridine rings is 1. The van der Waals surface area contributed by atoms with Gasteiger partial charge in [-0.2, -0.15) is 5.26 Å². The Kier molecular flexibility index (Phi) is 6.21. The lowest BCUT2D eigenvalue weighted by molar-refractivity contribution is -0.137. The van der Waals surface area contributed by atoms with Crippen LogP contribution in [0.1, 0.15) is 42.9 Å². The number of carboxylic acids is 1. The summed E-state index contributed by atoms with van der Waals surface area (Å²) in [7, 11) is 0. The molecule has 1 aromatic heterocycles. The molecule has 0 aliphatic rings. The lowest BCUT2D eigenvalue weighted by Gasteiger charge is -2.13. The number of rotatable bonds is 6. The van der Waals surface area contributed by atoms with Gasteiger partial charge >= 0.3 is 5.97 Å². The highest BCUT2D eigenvalue weighted by atomic mass is 16.4. The largest absolute Gasteiger partial charge is 0.481 e. The van der Waals surface area contributed by atoms with E-state index < -0.39 is 5.97 Å². The molecule has 3 aromatic rings. The van der Waals surface area contributed by atoms with E-state index >= 15 is 0 Å². The molecule has 144 valence electrons. The fourth-order valence-electron chi connectivity index (χ4n) is 3.34. The van der Waals surface area contributed by atoms with E-state index in [4.69, 9.17) is 5.11 Å². The quantitative estimate of drug-likeness (QED) is 0.535. The van der Waals surface area contributed by atoms with Crippen molar-refractivity contribution < 1.29 is 9.90 Å². The Morgan fingerprint density at radius 2 is 2.03 bits per heavy atom. The molecule has 1 unspecified atom stereocenters. The Bertz CT molecular complexity index is 1150. The molecular weight excluding hydrogens is 360 g/mol. The Balaban J connectivity index is 2.13. The lowest BCUT2D eigenvalue weighted by atomic mass is 9.92. The third-order valence-corrected chi connectivity index (χ3v) is 4.90. The van der Waals surface area contributed by atoms with Gasteiger partial charge in [0.15, 0.2) is 0 Å². The van der Waals surface area contributed by atoms with Crippen LogP contribution in [0.15, 0.2) is 67.0 Å². The Hall–Kier alpha value is -3.71. The molecular formula is C25H22N2O2. The van der Waals surface area contributed by atoms with Crippen LogP contribution in [0, 0.1) is 11.3 Å². The second-order valence-electron chi connectivity index (χ2n) is 6.97. The molecule has 0 saturated heterocycles. The molecule has 1 N–H and O–H groups in total. The molecule has 0 saturated carbocycles. The van der Waals surface area contributed by atoms with Crippen LogP contribution in [-0.2, 0) is 4.79 Å². The Morgan fingerprint density at radius 1 is 1.21 bits per heavy atom. The van der Waals surface area contributed by atoms with Crippen molar-refractivity contribution in [2.45, 2.75) is 26.2 Å². The predicted molar refractivity (Wildman–Crippen MR) is 116 cm³/mol. The van der Waals surface area contributed by atoms with Gasteiger partial charge in [0.1, 0.15) is 0 Å². The number of nitriles is 1. The second-order valence-corrected chi connectivity index (χ2v) is 6.97. The van der Waals surface area contributed by atoms with Crippen molar-refractivity contribution in [3.05, 3.63) is 83.7 Å². The normalized spacial score (nSPS) is 12.4. The van der Waals surface area contributed by atoms with E-state index in [1.807, 2.05) is 80.7 Å². The van der Waals surface area contributed by atoms with Crippen molar-refractivity contribution >= 4 is 22.8 Å². The zero-order valence-corrected chi connectivity index (χ0v) is 16.5. The molecule has 2 aromatic carbocycles. The third-order valence-electron chi connectivity index (χ3n) is 4.90. The number of nitrogens with zero attached hydrogens (tertiary/aromatic N) is 2. The summed E-state index contributed by atoms with van der Waals surface area (Å²) in [5.74, 6) is -0.893. The average molecular weight is 382 g/mol. The average Bonchev–Trinajstić information content (AvgIpc) is 2.72. The van der Waals surface area contributed by atoms with Crippen molar-refractivity contribution in [1.82, 2.24) is 4.98 Å². The van der Waals surface area contributed by atoms with Gasteiger partial charge in [-0.1, -0.05) is 55.5 Å². The number of carbonyl (C=O) groups is 1. The highest BCUT2D eigenvalue weighted by Gasteiger charge is 2.13. The zero-order valence-electron chi connectivity index (χ0n) is 16.5. The Labute approximate surface area is 170 Å². The van der Waals surface area contributed by atoms with Crippen molar-refractivity contribution in [1.29, 1.82) is 5.26 Å². The van der Waals surface area contributed by atoms with Crippen LogP contribution in [0.3, 0.4) is 0 Å². The minimum atomic E-state index is -0.808. The number of hydrogen-bond acceptors (Lipinski definition) is 3. The summed E-state index contributed by atoms with van der Waals surface area (Å²) < 4.78 is 0. The summed E-state index contributed by atoms with van der Waals surface area (Å²) in [5, 5.41) is 20.5. The number of aromatic nitrogens is 1. The molecule has 29 heavy (non-hydrogen) atoms. The molecule has 0 aliphatic heterocycles. The van der Waals surface area contributed by atoms with Crippen LogP contribution in [0.2, 0.25) is 0 Å². The number of hydrogen-bond donors (Lipinski definition) is 1. The van der Waals surface area contributed by atoms with Gasteiger partial charge in [-0.3, -0.25) is 9.78 Å². The van der Waals surface area contributed by atoms with Crippen LogP contribution in [0.25, 0.3) is 28.0 Å². The van der Waals surface area contributed by atoms with E-state index in [1.54, 1.807) is 6.20 Å². The van der Waals surface area contributed by atoms with Crippen LogP contribution < -0.4 is 0 Å². The molecule has 0 radical (unpaired) electrons. The molecule has 0 spiro atoms. The smallest absolute Gasteiger partial charge is 0.303 e. The standard InChI is InChI=1S/C25H22N2O2/c1-3-4-5-6-19-12-20(8-9-21(19)14-26)24-16-27-15-22-10-7-18(13-23(22)24)17(2)11-25(28)29/h3-10,12-13,15-17H,11H2,1-2H3,(H,28,29)/b4-3-,6-5-. The van der Waals surface area contributed by atoms with Gasteiger partial charge in [0.05, 0.1) is 18.1 Å². The van der Waals surface area contributed by atoms with E-state index in [-0.39, 0.29) is 12.3 Å². The van der Waals surface area contributed by atoms with Crippen molar-refractivity contribution in [2.75, 3.05) is 0 Å². The number of fused-ring (bicyclic) bond motifs is 1. The summed E-state index contributed by atoms with van der Waals surface area (Å²) in [6.45, 7) is 3.86. The summed E-state index contributed by atoms with van der Waals surface area (Å²) in [6.07, 6.45) is 11.4. The summed E-state index contributed by atoms with van der Waals surface area (Å²) >= 11 is 0. The highest BCUT2D eigenvalue weighted by molar-refractivity contribution is 5.96. The zero-order chi connectivity index (χ0) is 20.8. The first-order valence-corrected chi connectivity index (χ1v) is 9.47. The first-order chi connectivity index (χ1) is 14.0. The van der Waals surface area contributed by atoms with Crippen molar-refractivity contribution in [3.63, 3.8) is 0 Å². The van der Waals surface area contributed by atoms with Gasteiger partial charge in [0.25, 0.3) is 0 Å². The van der Waals surface area contributed by atoms with E-state index in [0.717, 1.165) is 33.0 Å². The molecule has 1 atom stereocenters. The molecule has 4 heteroatoms. The summed E-state index contributed by atoms with van der Waals surface area (Å²) in [5.41, 5.74) is 4.35. The predicted octanol–water partition coefficient (Wildman–Crippen LogP) is 5.94. The van der Waals surface area contributed by atoms with Gasteiger partial charge < -0.3 is 5.11 Å². The highest BCUT2D eigenvalue weighted by Crippen LogP contribution is 2.32. The molecule has 0 bridgehead atoms. The van der Waals surface area contributed by atoms with Crippen molar-refractivity contribution in [2.24, 2.45) is 0 Å². The minimum absolute atomic E-state index is 0.0850. The van der Waals surface area contributed by atoms with E-state index in [1.165, 1.54) is 0 Å². The third kappa shape index (κ3) is 4.59. The first kappa shape index (κ1) is 20.0. The maximum atomic E-state index is 11.1. The van der Waals surface area contributed by atoms with Gasteiger partial charge in [-0.15, -0.1) is 0 Å².